The minimum Gasteiger partial charge on any atom is -0.477 e. The molecule has 1 aromatic rings. The van der Waals surface area contributed by atoms with Crippen molar-refractivity contribution < 1.29 is 19.2 Å². The fraction of sp³-hybridized carbons (Fsp3) is 0.500. The second-order valence-corrected chi connectivity index (χ2v) is 6.08. The zero-order chi connectivity index (χ0) is 15.9. The molecule has 0 spiro atoms. The molecule has 1 amide bonds. The van der Waals surface area contributed by atoms with Crippen molar-refractivity contribution in [2.24, 2.45) is 0 Å². The van der Waals surface area contributed by atoms with Gasteiger partial charge in [0.15, 0.2) is 6.54 Å². The number of aryl methyl sites for hydroxylation is 1. The van der Waals surface area contributed by atoms with Crippen molar-refractivity contribution in [3.05, 3.63) is 35.4 Å². The van der Waals surface area contributed by atoms with Gasteiger partial charge in [0.1, 0.15) is 0 Å². The first-order valence-corrected chi connectivity index (χ1v) is 7.14. The Bertz CT molecular complexity index is 481. The molecule has 2 N–H and O–H groups in total. The SMILES string of the molecule is Cc1ccc(CC(=O)NCCC[N+](C)(C)CC(=O)O)cc1. The standard InChI is InChI=1S/C16H24N2O3/c1-13-5-7-14(8-6-13)11-15(19)17-9-4-10-18(2,3)12-16(20)21/h5-8H,4,9-12H2,1-3H3,(H-,17,19,20,21)/p+1. The lowest BCUT2D eigenvalue weighted by Crippen LogP contribution is -2.45. The molecule has 0 aliphatic carbocycles. The van der Waals surface area contributed by atoms with Crippen LogP contribution in [0.2, 0.25) is 0 Å². The fourth-order valence-corrected chi connectivity index (χ4v) is 2.13. The van der Waals surface area contributed by atoms with Crippen LogP contribution in [-0.2, 0) is 16.0 Å². The number of carboxylic acids is 1. The van der Waals surface area contributed by atoms with E-state index in [0.29, 0.717) is 17.4 Å². The van der Waals surface area contributed by atoms with Gasteiger partial charge in [0.05, 0.1) is 27.1 Å². The predicted octanol–water partition coefficient (Wildman–Crippen LogP) is 1.20. The maximum atomic E-state index is 11.8. The molecule has 1 aromatic carbocycles. The molecule has 21 heavy (non-hydrogen) atoms. The van der Waals surface area contributed by atoms with Gasteiger partial charge < -0.3 is 14.9 Å². The van der Waals surface area contributed by atoms with Crippen LogP contribution in [0.4, 0.5) is 0 Å². The third kappa shape index (κ3) is 7.46. The van der Waals surface area contributed by atoms with Crippen molar-refractivity contribution in [2.45, 2.75) is 19.8 Å². The molecule has 0 aromatic heterocycles. The van der Waals surface area contributed by atoms with Crippen molar-refractivity contribution in [3.8, 4) is 0 Å². The summed E-state index contributed by atoms with van der Waals surface area (Å²) in [6.45, 7) is 3.40. The summed E-state index contributed by atoms with van der Waals surface area (Å²) in [5, 5.41) is 11.7. The molecule has 0 aliphatic heterocycles. The number of carboxylic acid groups (broad SMARTS) is 1. The zero-order valence-corrected chi connectivity index (χ0v) is 13.1. The van der Waals surface area contributed by atoms with Crippen LogP contribution in [0.1, 0.15) is 17.5 Å². The van der Waals surface area contributed by atoms with Gasteiger partial charge in [-0.3, -0.25) is 4.79 Å². The Balaban J connectivity index is 2.24. The number of nitrogens with one attached hydrogen (secondary N) is 1. The van der Waals surface area contributed by atoms with Gasteiger partial charge in [0.2, 0.25) is 5.91 Å². The summed E-state index contributed by atoms with van der Waals surface area (Å²) < 4.78 is 0.420. The monoisotopic (exact) mass is 293 g/mol. The van der Waals surface area contributed by atoms with E-state index in [1.54, 1.807) is 0 Å². The lowest BCUT2D eigenvalue weighted by atomic mass is 10.1. The predicted molar refractivity (Wildman–Crippen MR) is 82.0 cm³/mol. The summed E-state index contributed by atoms with van der Waals surface area (Å²) in [5.74, 6) is -0.800. The normalized spacial score (nSPS) is 11.2. The van der Waals surface area contributed by atoms with Crippen LogP contribution in [0.15, 0.2) is 24.3 Å². The Morgan fingerprint density at radius 1 is 1.19 bits per heavy atom. The van der Waals surface area contributed by atoms with Gasteiger partial charge in [-0.1, -0.05) is 29.8 Å². The Kier molecular flexibility index (Phi) is 6.37. The number of carbonyl (C=O) groups is 2. The number of nitrogens with zero attached hydrogens (tertiary/aromatic N) is 1. The van der Waals surface area contributed by atoms with Crippen molar-refractivity contribution in [1.82, 2.24) is 5.32 Å². The van der Waals surface area contributed by atoms with Crippen molar-refractivity contribution in [3.63, 3.8) is 0 Å². The molecular weight excluding hydrogens is 268 g/mol. The summed E-state index contributed by atoms with van der Waals surface area (Å²) in [5.41, 5.74) is 2.18. The van der Waals surface area contributed by atoms with E-state index in [9.17, 15) is 9.59 Å². The second-order valence-electron chi connectivity index (χ2n) is 6.08. The highest BCUT2D eigenvalue weighted by atomic mass is 16.4. The first kappa shape index (κ1) is 17.2. The average molecular weight is 293 g/mol. The van der Waals surface area contributed by atoms with Crippen molar-refractivity contribution in [2.75, 3.05) is 33.7 Å². The van der Waals surface area contributed by atoms with Gasteiger partial charge >= 0.3 is 5.97 Å². The van der Waals surface area contributed by atoms with E-state index >= 15 is 0 Å². The summed E-state index contributed by atoms with van der Waals surface area (Å²) in [4.78, 5) is 22.5. The van der Waals surface area contributed by atoms with E-state index in [1.165, 1.54) is 5.56 Å². The lowest BCUT2D eigenvalue weighted by Gasteiger charge is -2.27. The first-order chi connectivity index (χ1) is 9.78. The Morgan fingerprint density at radius 2 is 1.81 bits per heavy atom. The molecule has 1 rings (SSSR count). The van der Waals surface area contributed by atoms with Gasteiger partial charge in [-0.2, -0.15) is 0 Å². The molecule has 0 saturated carbocycles. The van der Waals surface area contributed by atoms with Crippen LogP contribution in [0.3, 0.4) is 0 Å². The second kappa shape index (κ2) is 7.78. The third-order valence-corrected chi connectivity index (χ3v) is 3.31. The van der Waals surface area contributed by atoms with E-state index in [0.717, 1.165) is 18.5 Å². The molecule has 0 unspecified atom stereocenters. The minimum absolute atomic E-state index is 0.00222. The van der Waals surface area contributed by atoms with Crippen molar-refractivity contribution in [1.29, 1.82) is 0 Å². The number of carbonyl (C=O) groups excluding carboxylic acids is 1. The van der Waals surface area contributed by atoms with E-state index in [-0.39, 0.29) is 12.5 Å². The number of aliphatic carboxylic acids is 1. The highest BCUT2D eigenvalue weighted by Crippen LogP contribution is 2.04. The molecule has 0 atom stereocenters. The molecule has 0 heterocycles. The molecule has 0 bridgehead atoms. The highest BCUT2D eigenvalue weighted by molar-refractivity contribution is 5.78. The Labute approximate surface area is 126 Å². The quantitative estimate of drug-likeness (QED) is 0.559. The topological polar surface area (TPSA) is 66.4 Å². The average Bonchev–Trinajstić information content (AvgIpc) is 2.36. The maximum absolute atomic E-state index is 11.8. The lowest BCUT2D eigenvalue weighted by molar-refractivity contribution is -0.883. The molecule has 0 saturated heterocycles. The molecule has 0 radical (unpaired) electrons. The van der Waals surface area contributed by atoms with Gasteiger partial charge in [0.25, 0.3) is 0 Å². The number of benzene rings is 1. The van der Waals surface area contributed by atoms with Crippen LogP contribution in [0.25, 0.3) is 0 Å². The van der Waals surface area contributed by atoms with E-state index < -0.39 is 5.97 Å². The molecule has 5 heteroatoms. The van der Waals surface area contributed by atoms with E-state index in [4.69, 9.17) is 5.11 Å². The smallest absolute Gasteiger partial charge is 0.359 e. The number of rotatable bonds is 8. The summed E-state index contributed by atoms with van der Waals surface area (Å²) >= 11 is 0. The highest BCUT2D eigenvalue weighted by Gasteiger charge is 2.18. The number of hydrogen-bond acceptors (Lipinski definition) is 2. The third-order valence-electron chi connectivity index (χ3n) is 3.31. The minimum atomic E-state index is -0.802. The van der Waals surface area contributed by atoms with Crippen LogP contribution in [0, 0.1) is 6.92 Å². The molecule has 5 nitrogen and oxygen atoms in total. The van der Waals surface area contributed by atoms with Crippen LogP contribution in [-0.4, -0.2) is 55.2 Å². The number of amides is 1. The molecule has 116 valence electrons. The number of hydrogen-bond donors (Lipinski definition) is 2. The van der Waals surface area contributed by atoms with Gasteiger partial charge in [-0.25, -0.2) is 4.79 Å². The number of quaternary nitrogens is 1. The van der Waals surface area contributed by atoms with Gasteiger partial charge in [-0.05, 0) is 12.5 Å². The first-order valence-electron chi connectivity index (χ1n) is 7.14. The van der Waals surface area contributed by atoms with Gasteiger partial charge in [0, 0.05) is 13.0 Å². The van der Waals surface area contributed by atoms with Crippen LogP contribution >= 0.6 is 0 Å². The van der Waals surface area contributed by atoms with E-state index in [1.807, 2.05) is 45.3 Å². The summed E-state index contributed by atoms with van der Waals surface area (Å²) in [6.07, 6.45) is 1.15. The zero-order valence-electron chi connectivity index (χ0n) is 13.1. The Hall–Kier alpha value is -1.88. The molecule has 0 aliphatic rings. The van der Waals surface area contributed by atoms with Crippen LogP contribution < -0.4 is 5.32 Å². The fourth-order valence-electron chi connectivity index (χ4n) is 2.13. The summed E-state index contributed by atoms with van der Waals surface area (Å²) in [7, 11) is 3.75. The van der Waals surface area contributed by atoms with E-state index in [2.05, 4.69) is 5.32 Å². The molecular formula is C16H25N2O3+. The number of likely N-dealkylation sites (N-methyl/N-ethyl adjacent to an activating group) is 1. The van der Waals surface area contributed by atoms with Gasteiger partial charge in [-0.15, -0.1) is 0 Å². The molecule has 0 fully saturated rings. The largest absolute Gasteiger partial charge is 0.477 e. The maximum Gasteiger partial charge on any atom is 0.359 e. The van der Waals surface area contributed by atoms with Crippen molar-refractivity contribution >= 4 is 11.9 Å². The Morgan fingerprint density at radius 3 is 2.38 bits per heavy atom. The summed E-state index contributed by atoms with van der Waals surface area (Å²) in [6, 6.07) is 7.91. The van der Waals surface area contributed by atoms with Crippen LogP contribution in [0.5, 0.6) is 0 Å².